The van der Waals surface area contributed by atoms with Crippen LogP contribution in [0, 0.1) is 0 Å². The second kappa shape index (κ2) is 9.47. The zero-order valence-corrected chi connectivity index (χ0v) is 17.4. The van der Waals surface area contributed by atoms with E-state index in [1.807, 2.05) is 36.4 Å². The van der Waals surface area contributed by atoms with Gasteiger partial charge in [0.2, 0.25) is 0 Å². The van der Waals surface area contributed by atoms with Gasteiger partial charge in [0.25, 0.3) is 11.8 Å². The average Bonchev–Trinajstić information content (AvgIpc) is 3.23. The molecular weight excluding hydrogens is 398 g/mol. The summed E-state index contributed by atoms with van der Waals surface area (Å²) in [5.41, 5.74) is 8.42. The zero-order chi connectivity index (χ0) is 21.8. The molecule has 1 saturated heterocycles. The first-order valence-electron chi connectivity index (χ1n) is 10.4. The van der Waals surface area contributed by atoms with Gasteiger partial charge in [0.15, 0.2) is 6.29 Å². The van der Waals surface area contributed by atoms with Crippen LogP contribution in [0.3, 0.4) is 0 Å². The highest BCUT2D eigenvalue weighted by molar-refractivity contribution is 6.02. The molecule has 31 heavy (non-hydrogen) atoms. The van der Waals surface area contributed by atoms with Crippen molar-refractivity contribution in [2.45, 2.75) is 24.7 Å². The van der Waals surface area contributed by atoms with E-state index >= 15 is 0 Å². The van der Waals surface area contributed by atoms with Crippen LogP contribution in [0.5, 0.6) is 5.75 Å². The van der Waals surface area contributed by atoms with Gasteiger partial charge in [-0.15, -0.1) is 0 Å². The first-order chi connectivity index (χ1) is 15.1. The summed E-state index contributed by atoms with van der Waals surface area (Å²) in [6.45, 7) is 1.69. The first-order valence-corrected chi connectivity index (χ1v) is 10.4. The van der Waals surface area contributed by atoms with E-state index in [9.17, 15) is 9.59 Å². The maximum absolute atomic E-state index is 12.9. The summed E-state index contributed by atoms with van der Waals surface area (Å²) in [6.07, 6.45) is 0.138. The second-order valence-corrected chi connectivity index (χ2v) is 7.70. The molecule has 0 spiro atoms. The first kappa shape index (κ1) is 21.3. The number of amides is 2. The summed E-state index contributed by atoms with van der Waals surface area (Å²) >= 11 is 0. The Hall–Kier alpha value is -2.94. The third-order valence-electron chi connectivity index (χ3n) is 5.48. The lowest BCUT2D eigenvalue weighted by Crippen LogP contribution is -2.42. The molecule has 4 rings (SSSR count). The van der Waals surface area contributed by atoms with E-state index in [-0.39, 0.29) is 30.1 Å². The van der Waals surface area contributed by atoms with Crippen LogP contribution in [0.1, 0.15) is 44.2 Å². The van der Waals surface area contributed by atoms with E-state index < -0.39 is 0 Å². The number of nitrogens with two attached hydrogens (primary N) is 1. The van der Waals surface area contributed by atoms with Crippen LogP contribution in [0.25, 0.3) is 0 Å². The Morgan fingerprint density at radius 1 is 1.06 bits per heavy atom. The third kappa shape index (κ3) is 4.71. The molecule has 4 N–H and O–H groups in total. The van der Waals surface area contributed by atoms with Crippen LogP contribution in [0.15, 0.2) is 42.5 Å². The topological polar surface area (TPSA) is 112 Å². The van der Waals surface area contributed by atoms with Crippen molar-refractivity contribution in [1.82, 2.24) is 10.6 Å². The van der Waals surface area contributed by atoms with Crippen LogP contribution in [0.4, 0.5) is 0 Å². The van der Waals surface area contributed by atoms with Crippen LogP contribution >= 0.6 is 0 Å². The summed E-state index contributed by atoms with van der Waals surface area (Å²) in [5, 5.41) is 5.51. The Morgan fingerprint density at radius 2 is 1.81 bits per heavy atom. The van der Waals surface area contributed by atoms with Gasteiger partial charge in [-0.05, 0) is 17.7 Å². The number of hydrogen-bond acceptors (Lipinski definition) is 6. The van der Waals surface area contributed by atoms with Crippen LogP contribution in [-0.2, 0) is 9.47 Å². The molecule has 8 nitrogen and oxygen atoms in total. The highest BCUT2D eigenvalue weighted by Crippen LogP contribution is 2.41. The van der Waals surface area contributed by atoms with Gasteiger partial charge in [-0.3, -0.25) is 9.59 Å². The quantitative estimate of drug-likeness (QED) is 0.645. The van der Waals surface area contributed by atoms with E-state index in [1.54, 1.807) is 13.1 Å². The van der Waals surface area contributed by atoms with E-state index in [4.69, 9.17) is 19.9 Å². The molecule has 0 aromatic heterocycles. The van der Waals surface area contributed by atoms with Crippen molar-refractivity contribution in [3.8, 4) is 5.75 Å². The second-order valence-electron chi connectivity index (χ2n) is 7.70. The molecule has 0 unspecified atom stereocenters. The number of nitrogens with one attached hydrogen (secondary N) is 2. The molecule has 0 radical (unpaired) electrons. The number of ether oxygens (including phenoxy) is 3. The van der Waals surface area contributed by atoms with Gasteiger partial charge in [0.05, 0.1) is 31.4 Å². The molecule has 8 heteroatoms. The molecular formula is C23H27N3O5. The molecule has 2 aromatic carbocycles. The SMILES string of the molecule is CNC(=O)c1cc(C(=O)NCC[C@H]2OC[C@H](N)CO2)cc2c1OC[C@H]2c1ccccc1. The molecule has 2 heterocycles. The summed E-state index contributed by atoms with van der Waals surface area (Å²) in [6, 6.07) is 13.2. The smallest absolute Gasteiger partial charge is 0.254 e. The standard InChI is InChI=1S/C23H27N3O5/c1-25-23(28)18-10-15(22(27)26-8-7-20-29-11-16(24)12-30-20)9-17-19(13-31-21(17)18)14-5-3-2-4-6-14/h2-6,9-10,16,19-20H,7-8,11-13,24H2,1H3,(H,25,28)(H,26,27)/t16-,19-,20-/m0/s1. The van der Waals surface area contributed by atoms with Gasteiger partial charge in [-0.25, -0.2) is 0 Å². The van der Waals surface area contributed by atoms with Gasteiger partial charge in [0, 0.05) is 37.1 Å². The number of benzene rings is 2. The fourth-order valence-electron chi connectivity index (χ4n) is 3.85. The van der Waals surface area contributed by atoms with E-state index in [0.717, 1.165) is 11.1 Å². The number of carbonyl (C=O) groups is 2. The fraction of sp³-hybridized carbons (Fsp3) is 0.391. The van der Waals surface area contributed by atoms with Gasteiger partial charge in [-0.2, -0.15) is 0 Å². The summed E-state index contributed by atoms with van der Waals surface area (Å²) in [5.74, 6) is -0.0650. The summed E-state index contributed by atoms with van der Waals surface area (Å²) in [4.78, 5) is 25.3. The van der Waals surface area contributed by atoms with Gasteiger partial charge < -0.3 is 30.6 Å². The fourth-order valence-corrected chi connectivity index (χ4v) is 3.85. The molecule has 0 saturated carbocycles. The predicted molar refractivity (Wildman–Crippen MR) is 114 cm³/mol. The van der Waals surface area contributed by atoms with Gasteiger partial charge >= 0.3 is 0 Å². The molecule has 2 aliphatic heterocycles. The minimum atomic E-state index is -0.377. The maximum atomic E-state index is 12.9. The van der Waals surface area contributed by atoms with Crippen molar-refractivity contribution in [3.63, 3.8) is 0 Å². The summed E-state index contributed by atoms with van der Waals surface area (Å²) < 4.78 is 16.9. The lowest BCUT2D eigenvalue weighted by atomic mass is 9.90. The Balaban J connectivity index is 1.52. The van der Waals surface area contributed by atoms with E-state index in [2.05, 4.69) is 10.6 Å². The molecule has 1 atom stereocenters. The zero-order valence-electron chi connectivity index (χ0n) is 17.4. The Bertz CT molecular complexity index is 942. The number of rotatable bonds is 6. The highest BCUT2D eigenvalue weighted by atomic mass is 16.7. The molecule has 0 aliphatic carbocycles. The summed E-state index contributed by atoms with van der Waals surface area (Å²) in [7, 11) is 1.56. The van der Waals surface area contributed by atoms with Crippen molar-refractivity contribution in [2.24, 2.45) is 5.73 Å². The molecule has 2 aromatic rings. The van der Waals surface area contributed by atoms with Crippen molar-refractivity contribution in [1.29, 1.82) is 0 Å². The predicted octanol–water partition coefficient (Wildman–Crippen LogP) is 1.39. The van der Waals surface area contributed by atoms with Gasteiger partial charge in [-0.1, -0.05) is 30.3 Å². The average molecular weight is 425 g/mol. The molecule has 0 bridgehead atoms. The number of carbonyl (C=O) groups excluding carboxylic acids is 2. The lowest BCUT2D eigenvalue weighted by molar-refractivity contribution is -0.186. The minimum Gasteiger partial charge on any atom is -0.491 e. The van der Waals surface area contributed by atoms with Crippen molar-refractivity contribution >= 4 is 11.8 Å². The Labute approximate surface area is 181 Å². The normalized spacial score (nSPS) is 22.3. The molecule has 1 fully saturated rings. The highest BCUT2D eigenvalue weighted by Gasteiger charge is 2.31. The third-order valence-corrected chi connectivity index (χ3v) is 5.48. The van der Waals surface area contributed by atoms with Crippen LogP contribution < -0.4 is 21.1 Å². The van der Waals surface area contributed by atoms with E-state index in [0.29, 0.717) is 49.7 Å². The molecule has 2 amide bonds. The monoisotopic (exact) mass is 425 g/mol. The van der Waals surface area contributed by atoms with E-state index in [1.165, 1.54) is 0 Å². The van der Waals surface area contributed by atoms with Crippen LogP contribution in [-0.4, -0.2) is 57.6 Å². The Kier molecular flexibility index (Phi) is 6.50. The Morgan fingerprint density at radius 3 is 2.52 bits per heavy atom. The largest absolute Gasteiger partial charge is 0.491 e. The van der Waals surface area contributed by atoms with Crippen molar-refractivity contribution in [3.05, 3.63) is 64.7 Å². The van der Waals surface area contributed by atoms with Crippen molar-refractivity contribution < 1.29 is 23.8 Å². The maximum Gasteiger partial charge on any atom is 0.254 e. The van der Waals surface area contributed by atoms with Gasteiger partial charge in [0.1, 0.15) is 5.75 Å². The lowest BCUT2D eigenvalue weighted by Gasteiger charge is -2.27. The number of hydrogen-bond donors (Lipinski definition) is 3. The number of fused-ring (bicyclic) bond motifs is 1. The molecule has 2 aliphatic rings. The van der Waals surface area contributed by atoms with Crippen molar-refractivity contribution in [2.75, 3.05) is 33.4 Å². The minimum absolute atomic E-state index is 0.0411. The molecule has 164 valence electrons. The van der Waals surface area contributed by atoms with Crippen LogP contribution in [0.2, 0.25) is 0 Å².